The van der Waals surface area contributed by atoms with Crippen molar-refractivity contribution in [2.75, 3.05) is 26.2 Å². The number of nitrogens with one attached hydrogen (secondary N) is 1. The molecule has 2 aliphatic rings. The summed E-state index contributed by atoms with van der Waals surface area (Å²) in [6, 6.07) is 4.81. The first-order chi connectivity index (χ1) is 9.24. The molecule has 0 radical (unpaired) electrons. The van der Waals surface area contributed by atoms with Gasteiger partial charge in [-0.05, 0) is 24.5 Å². The Balaban J connectivity index is 1.61. The van der Waals surface area contributed by atoms with E-state index >= 15 is 0 Å². The van der Waals surface area contributed by atoms with Gasteiger partial charge in [0.05, 0.1) is 0 Å². The largest absolute Gasteiger partial charge is 0.382 e. The lowest BCUT2D eigenvalue weighted by molar-refractivity contribution is 0.121. The molecule has 1 saturated heterocycles. The Morgan fingerprint density at radius 2 is 2.05 bits per heavy atom. The fourth-order valence-electron chi connectivity index (χ4n) is 2.78. The second kappa shape index (κ2) is 5.27. The lowest BCUT2D eigenvalue weighted by atomic mass is 10.1. The van der Waals surface area contributed by atoms with Gasteiger partial charge in [0, 0.05) is 45.0 Å². The van der Waals surface area contributed by atoms with Gasteiger partial charge in [0.25, 0.3) is 0 Å². The summed E-state index contributed by atoms with van der Waals surface area (Å²) in [6.45, 7) is 5.38. The third-order valence-corrected chi connectivity index (χ3v) is 4.01. The SMILES string of the molecule is N=C(N)c1ncccc1CN1CCN(C2CC2)CC1. The molecule has 1 aliphatic carbocycles. The molecule has 0 amide bonds. The molecule has 1 aromatic heterocycles. The normalized spacial score (nSPS) is 21.5. The summed E-state index contributed by atoms with van der Waals surface area (Å²) in [5.41, 5.74) is 7.28. The Bertz CT molecular complexity index is 461. The van der Waals surface area contributed by atoms with Gasteiger partial charge in [-0.15, -0.1) is 0 Å². The third kappa shape index (κ3) is 2.93. The molecule has 3 N–H and O–H groups in total. The van der Waals surface area contributed by atoms with Crippen LogP contribution in [-0.4, -0.2) is 52.8 Å². The second-order valence-corrected chi connectivity index (χ2v) is 5.47. The third-order valence-electron chi connectivity index (χ3n) is 4.01. The molecule has 0 unspecified atom stereocenters. The van der Waals surface area contributed by atoms with Crippen LogP contribution >= 0.6 is 0 Å². The maximum atomic E-state index is 7.58. The lowest BCUT2D eigenvalue weighted by Crippen LogP contribution is -2.46. The van der Waals surface area contributed by atoms with Gasteiger partial charge in [-0.1, -0.05) is 6.07 Å². The number of rotatable bonds is 4. The molecule has 5 heteroatoms. The van der Waals surface area contributed by atoms with Gasteiger partial charge in [-0.25, -0.2) is 0 Å². The van der Waals surface area contributed by atoms with Gasteiger partial charge in [-0.3, -0.25) is 20.2 Å². The standard InChI is InChI=1S/C14H21N5/c15-14(16)13-11(2-1-5-17-13)10-18-6-8-19(9-7-18)12-3-4-12/h1-2,5,12H,3-4,6-10H2,(H3,15,16). The zero-order valence-corrected chi connectivity index (χ0v) is 11.2. The second-order valence-electron chi connectivity index (χ2n) is 5.47. The van der Waals surface area contributed by atoms with Crippen LogP contribution in [-0.2, 0) is 6.54 Å². The number of nitrogens with zero attached hydrogens (tertiary/aromatic N) is 3. The van der Waals surface area contributed by atoms with Crippen molar-refractivity contribution in [3.63, 3.8) is 0 Å². The van der Waals surface area contributed by atoms with Crippen LogP contribution in [0.4, 0.5) is 0 Å². The van der Waals surface area contributed by atoms with E-state index in [2.05, 4.69) is 14.8 Å². The van der Waals surface area contributed by atoms with Crippen molar-refractivity contribution in [2.45, 2.75) is 25.4 Å². The molecule has 3 rings (SSSR count). The Hall–Kier alpha value is -1.46. The molecule has 5 nitrogen and oxygen atoms in total. The Kier molecular flexibility index (Phi) is 3.48. The highest BCUT2D eigenvalue weighted by atomic mass is 15.3. The molecule has 0 atom stereocenters. The molecule has 0 bridgehead atoms. The minimum absolute atomic E-state index is 0.0622. The minimum atomic E-state index is 0.0622. The topological polar surface area (TPSA) is 69.2 Å². The van der Waals surface area contributed by atoms with Gasteiger partial charge < -0.3 is 5.73 Å². The van der Waals surface area contributed by atoms with Gasteiger partial charge in [0.1, 0.15) is 11.5 Å². The molecular weight excluding hydrogens is 238 g/mol. The van der Waals surface area contributed by atoms with Crippen molar-refractivity contribution in [3.8, 4) is 0 Å². The number of nitrogens with two attached hydrogens (primary N) is 1. The number of hydrogen-bond acceptors (Lipinski definition) is 4. The smallest absolute Gasteiger partial charge is 0.142 e. The Morgan fingerprint density at radius 3 is 2.68 bits per heavy atom. The summed E-state index contributed by atoms with van der Waals surface area (Å²) >= 11 is 0. The van der Waals surface area contributed by atoms with Crippen LogP contribution < -0.4 is 5.73 Å². The molecule has 1 aromatic rings. The summed E-state index contributed by atoms with van der Waals surface area (Å²) in [4.78, 5) is 9.25. The van der Waals surface area contributed by atoms with Crippen LogP contribution in [0.1, 0.15) is 24.1 Å². The number of piperazine rings is 1. The first kappa shape index (κ1) is 12.6. The van der Waals surface area contributed by atoms with Crippen LogP contribution in [0.15, 0.2) is 18.3 Å². The van der Waals surface area contributed by atoms with Gasteiger partial charge in [0.15, 0.2) is 0 Å². The van der Waals surface area contributed by atoms with Crippen molar-refractivity contribution < 1.29 is 0 Å². The number of amidine groups is 1. The number of hydrogen-bond donors (Lipinski definition) is 2. The van der Waals surface area contributed by atoms with Crippen LogP contribution in [0.3, 0.4) is 0 Å². The number of pyridine rings is 1. The fraction of sp³-hybridized carbons (Fsp3) is 0.571. The summed E-state index contributed by atoms with van der Waals surface area (Å²) in [7, 11) is 0. The molecule has 0 aromatic carbocycles. The van der Waals surface area contributed by atoms with E-state index in [9.17, 15) is 0 Å². The highest BCUT2D eigenvalue weighted by Gasteiger charge is 2.31. The van der Waals surface area contributed by atoms with Crippen molar-refractivity contribution in [3.05, 3.63) is 29.6 Å². The minimum Gasteiger partial charge on any atom is -0.382 e. The predicted octanol–water partition coefficient (Wildman–Crippen LogP) is 0.646. The molecule has 2 fully saturated rings. The van der Waals surface area contributed by atoms with Crippen molar-refractivity contribution >= 4 is 5.84 Å². The highest BCUT2D eigenvalue weighted by Crippen LogP contribution is 2.27. The first-order valence-electron chi connectivity index (χ1n) is 6.99. The van der Waals surface area contributed by atoms with E-state index in [0.29, 0.717) is 5.69 Å². The van der Waals surface area contributed by atoms with Gasteiger partial charge in [0.2, 0.25) is 0 Å². The maximum absolute atomic E-state index is 7.58. The van der Waals surface area contributed by atoms with Crippen molar-refractivity contribution in [1.82, 2.24) is 14.8 Å². The van der Waals surface area contributed by atoms with E-state index in [1.807, 2.05) is 12.1 Å². The zero-order valence-electron chi connectivity index (χ0n) is 11.2. The van der Waals surface area contributed by atoms with E-state index in [1.54, 1.807) is 6.20 Å². The Morgan fingerprint density at radius 1 is 1.32 bits per heavy atom. The molecule has 2 heterocycles. The van der Waals surface area contributed by atoms with Crippen LogP contribution in [0, 0.1) is 5.41 Å². The summed E-state index contributed by atoms with van der Waals surface area (Å²) < 4.78 is 0. The van der Waals surface area contributed by atoms with Gasteiger partial charge in [-0.2, -0.15) is 0 Å². The molecule has 102 valence electrons. The Labute approximate surface area is 113 Å². The quantitative estimate of drug-likeness (QED) is 0.615. The molecule has 19 heavy (non-hydrogen) atoms. The summed E-state index contributed by atoms with van der Waals surface area (Å²) in [6.07, 6.45) is 4.47. The fourth-order valence-corrected chi connectivity index (χ4v) is 2.78. The average Bonchev–Trinajstić information content (AvgIpc) is 3.24. The van der Waals surface area contributed by atoms with Crippen LogP contribution in [0.25, 0.3) is 0 Å². The number of aromatic nitrogens is 1. The van der Waals surface area contributed by atoms with E-state index in [1.165, 1.54) is 25.9 Å². The zero-order chi connectivity index (χ0) is 13.2. The van der Waals surface area contributed by atoms with E-state index in [4.69, 9.17) is 11.1 Å². The molecule has 1 saturated carbocycles. The van der Waals surface area contributed by atoms with Crippen molar-refractivity contribution in [1.29, 1.82) is 5.41 Å². The summed E-state index contributed by atoms with van der Waals surface area (Å²) in [5, 5.41) is 7.58. The lowest BCUT2D eigenvalue weighted by Gasteiger charge is -2.35. The van der Waals surface area contributed by atoms with Crippen LogP contribution in [0.2, 0.25) is 0 Å². The number of nitrogen functional groups attached to an aromatic ring is 1. The van der Waals surface area contributed by atoms with E-state index in [-0.39, 0.29) is 5.84 Å². The van der Waals surface area contributed by atoms with Crippen molar-refractivity contribution in [2.24, 2.45) is 5.73 Å². The monoisotopic (exact) mass is 259 g/mol. The predicted molar refractivity (Wildman–Crippen MR) is 75.1 cm³/mol. The molecular formula is C14H21N5. The van der Waals surface area contributed by atoms with Gasteiger partial charge >= 0.3 is 0 Å². The molecule has 1 aliphatic heterocycles. The first-order valence-corrected chi connectivity index (χ1v) is 6.99. The highest BCUT2D eigenvalue weighted by molar-refractivity contribution is 5.94. The van der Waals surface area contributed by atoms with E-state index in [0.717, 1.165) is 31.2 Å². The average molecular weight is 259 g/mol. The summed E-state index contributed by atoms with van der Waals surface area (Å²) in [5.74, 6) is 0.0622. The molecule has 0 spiro atoms. The van der Waals surface area contributed by atoms with E-state index < -0.39 is 0 Å². The van der Waals surface area contributed by atoms with Crippen LogP contribution in [0.5, 0.6) is 0 Å². The maximum Gasteiger partial charge on any atom is 0.142 e.